The maximum Gasteiger partial charge on any atom is 0.303 e. The predicted molar refractivity (Wildman–Crippen MR) is 89.8 cm³/mol. The molecule has 1 unspecified atom stereocenters. The molecule has 0 spiro atoms. The monoisotopic (exact) mass is 353 g/mol. The van der Waals surface area contributed by atoms with E-state index in [4.69, 9.17) is 5.11 Å². The quantitative estimate of drug-likeness (QED) is 0.875. The normalized spacial score (nSPS) is 18.4. The number of hydrogen-bond acceptors (Lipinski definition) is 4. The van der Waals surface area contributed by atoms with E-state index in [1.807, 2.05) is 0 Å². The Labute approximate surface area is 142 Å². The van der Waals surface area contributed by atoms with Crippen molar-refractivity contribution >= 4 is 21.7 Å². The topological polar surface area (TPSA) is 91.8 Å². The third-order valence-electron chi connectivity index (χ3n) is 4.44. The fraction of sp³-hybridized carbons (Fsp3) is 0.529. The fourth-order valence-electron chi connectivity index (χ4n) is 3.05. The van der Waals surface area contributed by atoms with Gasteiger partial charge in [-0.05, 0) is 49.8 Å². The summed E-state index contributed by atoms with van der Waals surface area (Å²) in [6.07, 6.45) is 3.53. The molecular weight excluding hydrogens is 330 g/mol. The molecule has 1 amide bonds. The minimum absolute atomic E-state index is 0.106. The second-order valence-electron chi connectivity index (χ2n) is 6.44. The molecule has 0 saturated carbocycles. The van der Waals surface area contributed by atoms with Crippen molar-refractivity contribution in [1.29, 1.82) is 0 Å². The van der Waals surface area contributed by atoms with Gasteiger partial charge in [0.15, 0.2) is 9.84 Å². The summed E-state index contributed by atoms with van der Waals surface area (Å²) in [5.74, 6) is -0.828. The van der Waals surface area contributed by atoms with E-state index in [1.165, 1.54) is 12.1 Å². The van der Waals surface area contributed by atoms with Crippen LogP contribution in [0, 0.1) is 12.8 Å². The zero-order chi connectivity index (χ0) is 17.9. The molecule has 1 fully saturated rings. The van der Waals surface area contributed by atoms with Crippen LogP contribution in [0.15, 0.2) is 23.1 Å². The van der Waals surface area contributed by atoms with Gasteiger partial charge in [-0.25, -0.2) is 8.42 Å². The second kappa shape index (κ2) is 7.34. The number of likely N-dealkylation sites (tertiary alicyclic amines) is 1. The Morgan fingerprint density at radius 2 is 2.04 bits per heavy atom. The van der Waals surface area contributed by atoms with Gasteiger partial charge in [-0.3, -0.25) is 9.59 Å². The number of carbonyl (C=O) groups is 2. The molecular formula is C17H23NO5S. The fourth-order valence-corrected chi connectivity index (χ4v) is 3.69. The van der Waals surface area contributed by atoms with Gasteiger partial charge in [-0.15, -0.1) is 0 Å². The van der Waals surface area contributed by atoms with Gasteiger partial charge in [0.25, 0.3) is 5.91 Å². The van der Waals surface area contributed by atoms with Crippen LogP contribution in [-0.2, 0) is 14.6 Å². The Bertz CT molecular complexity index is 741. The summed E-state index contributed by atoms with van der Waals surface area (Å²) < 4.78 is 23.4. The van der Waals surface area contributed by atoms with Crippen LogP contribution in [0.5, 0.6) is 0 Å². The van der Waals surface area contributed by atoms with E-state index in [0.717, 1.165) is 24.7 Å². The van der Waals surface area contributed by atoms with Crippen LogP contribution in [0.25, 0.3) is 0 Å². The van der Waals surface area contributed by atoms with E-state index < -0.39 is 15.8 Å². The van der Waals surface area contributed by atoms with Crippen molar-refractivity contribution < 1.29 is 23.1 Å². The average molecular weight is 353 g/mol. The summed E-state index contributed by atoms with van der Waals surface area (Å²) in [7, 11) is -3.37. The van der Waals surface area contributed by atoms with Gasteiger partial charge in [-0.1, -0.05) is 6.07 Å². The third-order valence-corrected chi connectivity index (χ3v) is 5.55. The Hall–Kier alpha value is -1.89. The SMILES string of the molecule is Cc1ccc(S(C)(=O)=O)cc1C(=O)N1CCCC(CCC(=O)O)C1. The van der Waals surface area contributed by atoms with E-state index in [9.17, 15) is 18.0 Å². The standard InChI is InChI=1S/C17H23NO5S/c1-12-5-7-14(24(2,22)23)10-15(12)17(21)18-9-3-4-13(11-18)6-8-16(19)20/h5,7,10,13H,3-4,6,8-9,11H2,1-2H3,(H,19,20). The van der Waals surface area contributed by atoms with Crippen molar-refractivity contribution in [1.82, 2.24) is 4.90 Å². The number of carboxylic acid groups (broad SMARTS) is 1. The lowest BCUT2D eigenvalue weighted by Crippen LogP contribution is -2.40. The molecule has 6 nitrogen and oxygen atoms in total. The number of benzene rings is 1. The summed E-state index contributed by atoms with van der Waals surface area (Å²) in [5.41, 5.74) is 1.14. The Balaban J connectivity index is 2.17. The summed E-state index contributed by atoms with van der Waals surface area (Å²) in [6.45, 7) is 2.92. The van der Waals surface area contributed by atoms with E-state index in [1.54, 1.807) is 17.9 Å². The summed E-state index contributed by atoms with van der Waals surface area (Å²) in [4.78, 5) is 25.4. The molecule has 1 N–H and O–H groups in total. The van der Waals surface area contributed by atoms with Crippen molar-refractivity contribution in [2.75, 3.05) is 19.3 Å². The highest BCUT2D eigenvalue weighted by Gasteiger charge is 2.26. The zero-order valence-corrected chi connectivity index (χ0v) is 14.8. The number of rotatable bonds is 5. The largest absolute Gasteiger partial charge is 0.481 e. The van der Waals surface area contributed by atoms with E-state index in [2.05, 4.69) is 0 Å². The minimum atomic E-state index is -3.37. The highest BCUT2D eigenvalue weighted by molar-refractivity contribution is 7.90. The van der Waals surface area contributed by atoms with E-state index in [0.29, 0.717) is 25.1 Å². The van der Waals surface area contributed by atoms with Gasteiger partial charge in [0, 0.05) is 31.3 Å². The van der Waals surface area contributed by atoms with Crippen molar-refractivity contribution in [3.63, 3.8) is 0 Å². The van der Waals surface area contributed by atoms with Crippen LogP contribution in [0.2, 0.25) is 0 Å². The molecule has 1 aliphatic heterocycles. The number of hydrogen-bond donors (Lipinski definition) is 1. The number of piperidine rings is 1. The van der Waals surface area contributed by atoms with Crippen molar-refractivity contribution in [3.05, 3.63) is 29.3 Å². The number of amides is 1. The minimum Gasteiger partial charge on any atom is -0.481 e. The number of aliphatic carboxylic acids is 1. The number of aryl methyl sites for hydroxylation is 1. The lowest BCUT2D eigenvalue weighted by atomic mass is 9.92. The summed E-state index contributed by atoms with van der Waals surface area (Å²) >= 11 is 0. The van der Waals surface area contributed by atoms with Crippen molar-refractivity contribution in [3.8, 4) is 0 Å². The Kier molecular flexibility index (Phi) is 5.64. The third kappa shape index (κ3) is 4.56. The van der Waals surface area contributed by atoms with Crippen LogP contribution < -0.4 is 0 Å². The van der Waals surface area contributed by atoms with E-state index >= 15 is 0 Å². The highest BCUT2D eigenvalue weighted by atomic mass is 32.2. The number of carbonyl (C=O) groups excluding carboxylic acids is 1. The van der Waals surface area contributed by atoms with Crippen molar-refractivity contribution in [2.24, 2.45) is 5.92 Å². The second-order valence-corrected chi connectivity index (χ2v) is 8.46. The molecule has 1 aromatic rings. The maximum atomic E-state index is 12.8. The van der Waals surface area contributed by atoms with Crippen LogP contribution in [-0.4, -0.2) is 49.6 Å². The first-order valence-corrected chi connectivity index (χ1v) is 9.89. The molecule has 1 heterocycles. The first-order chi connectivity index (χ1) is 11.2. The molecule has 0 aromatic heterocycles. The molecule has 7 heteroatoms. The first-order valence-electron chi connectivity index (χ1n) is 8.00. The summed E-state index contributed by atoms with van der Waals surface area (Å²) in [5, 5.41) is 8.80. The lowest BCUT2D eigenvalue weighted by molar-refractivity contribution is -0.137. The number of sulfone groups is 1. The van der Waals surface area contributed by atoms with Gasteiger partial charge >= 0.3 is 5.97 Å². The molecule has 24 heavy (non-hydrogen) atoms. The zero-order valence-electron chi connectivity index (χ0n) is 14.0. The predicted octanol–water partition coefficient (Wildman–Crippen LogP) is 2.12. The van der Waals surface area contributed by atoms with E-state index in [-0.39, 0.29) is 23.1 Å². The molecule has 1 saturated heterocycles. The lowest BCUT2D eigenvalue weighted by Gasteiger charge is -2.33. The van der Waals surface area contributed by atoms with Gasteiger partial charge in [-0.2, -0.15) is 0 Å². The van der Waals surface area contributed by atoms with Crippen LogP contribution >= 0.6 is 0 Å². The number of carboxylic acids is 1. The molecule has 132 valence electrons. The van der Waals surface area contributed by atoms with Gasteiger partial charge in [0.1, 0.15) is 0 Å². The van der Waals surface area contributed by atoms with Gasteiger partial charge in [0.05, 0.1) is 4.90 Å². The molecule has 0 bridgehead atoms. The first kappa shape index (κ1) is 18.4. The molecule has 0 radical (unpaired) electrons. The number of nitrogens with zero attached hydrogens (tertiary/aromatic N) is 1. The average Bonchev–Trinajstić information content (AvgIpc) is 2.52. The highest BCUT2D eigenvalue weighted by Crippen LogP contribution is 2.24. The van der Waals surface area contributed by atoms with Crippen LogP contribution in [0.3, 0.4) is 0 Å². The van der Waals surface area contributed by atoms with Crippen molar-refractivity contribution in [2.45, 2.75) is 37.5 Å². The van der Waals surface area contributed by atoms with Crippen LogP contribution in [0.1, 0.15) is 41.6 Å². The molecule has 2 rings (SSSR count). The Morgan fingerprint density at radius 1 is 1.33 bits per heavy atom. The van der Waals surface area contributed by atoms with Gasteiger partial charge in [0.2, 0.25) is 0 Å². The maximum absolute atomic E-state index is 12.8. The molecule has 1 atom stereocenters. The summed E-state index contributed by atoms with van der Waals surface area (Å²) in [6, 6.07) is 4.59. The molecule has 0 aliphatic carbocycles. The molecule has 1 aliphatic rings. The Morgan fingerprint density at radius 3 is 2.67 bits per heavy atom. The van der Waals surface area contributed by atoms with Gasteiger partial charge < -0.3 is 10.0 Å². The molecule has 1 aromatic carbocycles. The van der Waals surface area contributed by atoms with Crippen LogP contribution in [0.4, 0.5) is 0 Å². The smallest absolute Gasteiger partial charge is 0.303 e.